The summed E-state index contributed by atoms with van der Waals surface area (Å²) in [5.41, 5.74) is 1.99. The van der Waals surface area contributed by atoms with Gasteiger partial charge in [-0.15, -0.1) is 0 Å². The van der Waals surface area contributed by atoms with Crippen LogP contribution in [0.1, 0.15) is 37.8 Å². The number of hydrogen-bond donors (Lipinski definition) is 0. The number of hydrogen-bond acceptors (Lipinski definition) is 5. The molecule has 0 fully saturated rings. The van der Waals surface area contributed by atoms with Crippen molar-refractivity contribution in [2.45, 2.75) is 20.1 Å². The highest BCUT2D eigenvalue weighted by Gasteiger charge is 2.27. The number of carbonyl (C=O) groups is 2. The molecule has 3 aromatic rings. The number of carbonyl (C=O) groups excluding carboxylic acids is 2. The molecule has 5 nitrogen and oxygen atoms in total. The fourth-order valence-electron chi connectivity index (χ4n) is 2.47. The first-order valence-electron chi connectivity index (χ1n) is 8.27. The lowest BCUT2D eigenvalue weighted by molar-refractivity contribution is 0.0431. The number of rotatable bonds is 6. The van der Waals surface area contributed by atoms with Crippen LogP contribution in [0.25, 0.3) is 0 Å². The number of esters is 2. The average molecular weight is 476 g/mol. The van der Waals surface area contributed by atoms with Crippen LogP contribution in [0.4, 0.5) is 0 Å². The number of aryl methyl sites for hydroxylation is 1. The van der Waals surface area contributed by atoms with Crippen molar-refractivity contribution in [2.24, 2.45) is 0 Å². The molecular formula is C21H17IO5. The van der Waals surface area contributed by atoms with Gasteiger partial charge in [-0.2, -0.15) is 0 Å². The van der Waals surface area contributed by atoms with Crippen LogP contribution >= 0.6 is 22.6 Å². The first-order chi connectivity index (χ1) is 13.1. The van der Waals surface area contributed by atoms with E-state index in [1.165, 1.54) is 0 Å². The Hall–Kier alpha value is -2.61. The highest BCUT2D eigenvalue weighted by Crippen LogP contribution is 2.26. The predicted molar refractivity (Wildman–Crippen MR) is 107 cm³/mol. The van der Waals surface area contributed by atoms with Crippen LogP contribution in [-0.2, 0) is 22.7 Å². The van der Waals surface area contributed by atoms with E-state index in [1.807, 2.05) is 83.3 Å². The third-order valence-electron chi connectivity index (χ3n) is 3.84. The number of halogens is 1. The summed E-state index contributed by atoms with van der Waals surface area (Å²) in [5.74, 6) is -0.820. The van der Waals surface area contributed by atoms with E-state index in [0.29, 0.717) is 9.33 Å². The molecule has 0 aliphatic carbocycles. The lowest BCUT2D eigenvalue weighted by Crippen LogP contribution is -2.09. The van der Waals surface area contributed by atoms with Gasteiger partial charge in [-0.3, -0.25) is 0 Å². The van der Waals surface area contributed by atoms with E-state index >= 15 is 0 Å². The zero-order valence-corrected chi connectivity index (χ0v) is 16.8. The molecule has 6 heteroatoms. The second-order valence-corrected chi connectivity index (χ2v) is 6.88. The third-order valence-corrected chi connectivity index (χ3v) is 4.87. The minimum Gasteiger partial charge on any atom is -0.457 e. The van der Waals surface area contributed by atoms with Crippen molar-refractivity contribution in [3.8, 4) is 0 Å². The van der Waals surface area contributed by atoms with Crippen molar-refractivity contribution in [2.75, 3.05) is 0 Å². The van der Waals surface area contributed by atoms with Crippen LogP contribution in [0.2, 0.25) is 0 Å². The van der Waals surface area contributed by atoms with E-state index in [0.717, 1.165) is 11.1 Å². The van der Waals surface area contributed by atoms with Gasteiger partial charge in [-0.05, 0) is 40.6 Å². The summed E-state index contributed by atoms with van der Waals surface area (Å²) < 4.78 is 16.5. The first-order valence-corrected chi connectivity index (χ1v) is 9.35. The van der Waals surface area contributed by atoms with Gasteiger partial charge < -0.3 is 13.9 Å². The Morgan fingerprint density at radius 1 is 0.852 bits per heavy atom. The van der Waals surface area contributed by atoms with Gasteiger partial charge in [0.1, 0.15) is 24.5 Å². The molecule has 0 aliphatic heterocycles. The van der Waals surface area contributed by atoms with Crippen molar-refractivity contribution >= 4 is 34.5 Å². The average Bonchev–Trinajstić information content (AvgIpc) is 3.00. The second kappa shape index (κ2) is 8.85. The summed E-state index contributed by atoms with van der Waals surface area (Å²) in [7, 11) is 0. The Labute approximate surface area is 170 Å². The highest BCUT2D eigenvalue weighted by atomic mass is 127. The lowest BCUT2D eigenvalue weighted by Gasteiger charge is -2.05. The Balaban J connectivity index is 1.68. The maximum Gasteiger partial charge on any atom is 0.375 e. The standard InChI is InChI=1S/C21H17IO5/c1-14-17(20(23)25-12-15-8-4-2-5-9-15)18(22)19(27-14)21(24)26-13-16-10-6-3-7-11-16/h2-11H,12-13H2,1H3. The van der Waals surface area contributed by atoms with E-state index in [4.69, 9.17) is 13.9 Å². The first kappa shape index (κ1) is 19.2. The lowest BCUT2D eigenvalue weighted by atomic mass is 10.2. The van der Waals surface area contributed by atoms with E-state index in [1.54, 1.807) is 6.92 Å². The molecule has 0 unspecified atom stereocenters. The number of benzene rings is 2. The molecule has 0 atom stereocenters. The molecular weight excluding hydrogens is 459 g/mol. The topological polar surface area (TPSA) is 65.7 Å². The molecule has 0 bridgehead atoms. The molecule has 2 aromatic carbocycles. The molecule has 3 rings (SSSR count). The molecule has 0 N–H and O–H groups in total. The summed E-state index contributed by atoms with van der Waals surface area (Å²) in [6.07, 6.45) is 0. The van der Waals surface area contributed by atoms with Crippen molar-refractivity contribution in [3.63, 3.8) is 0 Å². The van der Waals surface area contributed by atoms with E-state index < -0.39 is 11.9 Å². The quantitative estimate of drug-likeness (QED) is 0.374. The largest absolute Gasteiger partial charge is 0.457 e. The number of furan rings is 1. The molecule has 0 aliphatic rings. The minimum atomic E-state index is -0.617. The fourth-order valence-corrected chi connectivity index (χ4v) is 3.40. The van der Waals surface area contributed by atoms with Gasteiger partial charge in [0.15, 0.2) is 0 Å². The molecule has 1 aromatic heterocycles. The van der Waals surface area contributed by atoms with Crippen molar-refractivity contribution < 1.29 is 23.5 Å². The van der Waals surface area contributed by atoms with Gasteiger partial charge >= 0.3 is 11.9 Å². The molecule has 0 saturated carbocycles. The maximum atomic E-state index is 12.4. The van der Waals surface area contributed by atoms with Crippen molar-refractivity contribution in [1.29, 1.82) is 0 Å². The van der Waals surface area contributed by atoms with E-state index in [-0.39, 0.29) is 24.5 Å². The van der Waals surface area contributed by atoms with E-state index in [2.05, 4.69) is 0 Å². The van der Waals surface area contributed by atoms with Crippen LogP contribution in [0.3, 0.4) is 0 Å². The highest BCUT2D eigenvalue weighted by molar-refractivity contribution is 14.1. The fraction of sp³-hybridized carbons (Fsp3) is 0.143. The summed E-state index contributed by atoms with van der Waals surface area (Å²) >= 11 is 1.91. The van der Waals surface area contributed by atoms with Gasteiger partial charge in [-0.1, -0.05) is 60.7 Å². The SMILES string of the molecule is Cc1oc(C(=O)OCc2ccccc2)c(I)c1C(=O)OCc1ccccc1. The minimum absolute atomic E-state index is 0.00990. The molecule has 138 valence electrons. The summed E-state index contributed by atoms with van der Waals surface area (Å²) in [5, 5.41) is 0. The molecule has 0 saturated heterocycles. The van der Waals surface area contributed by atoms with Crippen LogP contribution in [0.5, 0.6) is 0 Å². The van der Waals surface area contributed by atoms with Crippen LogP contribution in [0.15, 0.2) is 65.1 Å². The molecule has 27 heavy (non-hydrogen) atoms. The zero-order chi connectivity index (χ0) is 19.2. The van der Waals surface area contributed by atoms with Gasteiger partial charge in [0.25, 0.3) is 0 Å². The van der Waals surface area contributed by atoms with Crippen molar-refractivity contribution in [1.82, 2.24) is 0 Å². The predicted octanol–water partition coefficient (Wildman–Crippen LogP) is 4.91. The van der Waals surface area contributed by atoms with Crippen LogP contribution in [-0.4, -0.2) is 11.9 Å². The Kier molecular flexibility index (Phi) is 6.28. The van der Waals surface area contributed by atoms with Gasteiger partial charge in [-0.25, -0.2) is 9.59 Å². The molecule has 0 amide bonds. The second-order valence-electron chi connectivity index (χ2n) is 5.80. The molecule has 1 heterocycles. The monoisotopic (exact) mass is 476 g/mol. The third kappa shape index (κ3) is 4.77. The Morgan fingerprint density at radius 2 is 1.33 bits per heavy atom. The van der Waals surface area contributed by atoms with Crippen LogP contribution in [0, 0.1) is 10.5 Å². The zero-order valence-electron chi connectivity index (χ0n) is 14.6. The molecule has 0 spiro atoms. The Morgan fingerprint density at radius 3 is 1.85 bits per heavy atom. The maximum absolute atomic E-state index is 12.4. The van der Waals surface area contributed by atoms with Crippen LogP contribution < -0.4 is 0 Å². The summed E-state index contributed by atoms with van der Waals surface area (Å²) in [6, 6.07) is 18.7. The molecule has 0 radical (unpaired) electrons. The normalized spacial score (nSPS) is 10.4. The number of ether oxygens (including phenoxy) is 2. The summed E-state index contributed by atoms with van der Waals surface area (Å²) in [4.78, 5) is 24.8. The van der Waals surface area contributed by atoms with Gasteiger partial charge in [0, 0.05) is 0 Å². The van der Waals surface area contributed by atoms with Gasteiger partial charge in [0.05, 0.1) is 3.57 Å². The van der Waals surface area contributed by atoms with Crippen molar-refractivity contribution in [3.05, 3.63) is 92.4 Å². The smallest absolute Gasteiger partial charge is 0.375 e. The van der Waals surface area contributed by atoms with Gasteiger partial charge in [0.2, 0.25) is 5.76 Å². The summed E-state index contributed by atoms with van der Waals surface area (Å²) in [6.45, 7) is 1.90. The van der Waals surface area contributed by atoms with E-state index in [9.17, 15) is 9.59 Å². The Bertz CT molecular complexity index is 932.